The number of hydrogen-bond acceptors (Lipinski definition) is 5. The van der Waals surface area contributed by atoms with E-state index in [9.17, 15) is 14.0 Å². The van der Waals surface area contributed by atoms with Gasteiger partial charge >= 0.3 is 0 Å². The number of H-pyrrole nitrogens is 1. The fraction of sp³-hybridized carbons (Fsp3) is 0.263. The number of fused-ring (bicyclic) bond motifs is 1. The molecule has 2 heterocycles. The third-order valence-electron chi connectivity index (χ3n) is 4.58. The van der Waals surface area contributed by atoms with Gasteiger partial charge in [-0.3, -0.25) is 9.59 Å². The van der Waals surface area contributed by atoms with Gasteiger partial charge in [-0.2, -0.15) is 4.98 Å². The number of nitrogens with one attached hydrogen (secondary N) is 3. The van der Waals surface area contributed by atoms with Gasteiger partial charge in [-0.1, -0.05) is 11.6 Å². The van der Waals surface area contributed by atoms with Crippen LogP contribution in [0.25, 0.3) is 10.9 Å². The van der Waals surface area contributed by atoms with E-state index in [0.29, 0.717) is 22.3 Å². The molecule has 3 aromatic rings. The lowest BCUT2D eigenvalue weighted by Gasteiger charge is -2.15. The second-order valence-corrected chi connectivity index (χ2v) is 7.21. The zero-order valence-corrected chi connectivity index (χ0v) is 15.7. The van der Waals surface area contributed by atoms with Crippen LogP contribution in [0.2, 0.25) is 5.02 Å². The molecule has 0 radical (unpaired) electrons. The number of anilines is 2. The Hall–Kier alpha value is -3.00. The van der Waals surface area contributed by atoms with Gasteiger partial charge in [0.2, 0.25) is 11.9 Å². The largest absolute Gasteiger partial charge is 0.347 e. The van der Waals surface area contributed by atoms with E-state index in [2.05, 4.69) is 25.6 Å². The third-order valence-corrected chi connectivity index (χ3v) is 4.87. The first-order valence-electron chi connectivity index (χ1n) is 8.83. The van der Waals surface area contributed by atoms with Gasteiger partial charge in [0.05, 0.1) is 16.6 Å². The molecule has 0 bridgehead atoms. The van der Waals surface area contributed by atoms with Crippen molar-refractivity contribution < 1.29 is 9.18 Å². The van der Waals surface area contributed by atoms with Gasteiger partial charge in [0.1, 0.15) is 11.6 Å². The highest BCUT2D eigenvalue weighted by Crippen LogP contribution is 2.30. The highest BCUT2D eigenvalue weighted by molar-refractivity contribution is 6.31. The molecule has 1 fully saturated rings. The minimum atomic E-state index is -0.595. The van der Waals surface area contributed by atoms with Crippen LogP contribution in [0.1, 0.15) is 31.4 Å². The van der Waals surface area contributed by atoms with Gasteiger partial charge < -0.3 is 15.6 Å². The molecular formula is C19H17ClFN5O2. The molecule has 1 unspecified atom stereocenters. The fourth-order valence-electron chi connectivity index (χ4n) is 2.88. The van der Waals surface area contributed by atoms with Crippen LogP contribution in [0, 0.1) is 11.7 Å². The molecule has 9 heteroatoms. The number of hydrogen-bond donors (Lipinski definition) is 3. The predicted molar refractivity (Wildman–Crippen MR) is 105 cm³/mol. The number of aromatic amines is 1. The summed E-state index contributed by atoms with van der Waals surface area (Å²) in [6.45, 7) is 1.78. The molecule has 1 saturated carbocycles. The maximum absolute atomic E-state index is 13.6. The fourth-order valence-corrected chi connectivity index (χ4v) is 3.05. The van der Waals surface area contributed by atoms with E-state index in [1.165, 1.54) is 18.3 Å². The van der Waals surface area contributed by atoms with E-state index in [4.69, 9.17) is 11.6 Å². The molecule has 2 aromatic heterocycles. The van der Waals surface area contributed by atoms with Crippen molar-refractivity contribution >= 4 is 40.2 Å². The van der Waals surface area contributed by atoms with Gasteiger partial charge in [0.25, 0.3) is 5.56 Å². The van der Waals surface area contributed by atoms with Gasteiger partial charge in [-0.05, 0) is 44.0 Å². The van der Waals surface area contributed by atoms with Crippen LogP contribution < -0.4 is 16.2 Å². The minimum Gasteiger partial charge on any atom is -0.347 e. The molecule has 1 atom stereocenters. The maximum atomic E-state index is 13.6. The number of rotatable bonds is 5. The number of aromatic nitrogens is 3. The summed E-state index contributed by atoms with van der Waals surface area (Å²) in [7, 11) is 0. The Kier molecular flexibility index (Phi) is 4.72. The van der Waals surface area contributed by atoms with Crippen LogP contribution in [0.3, 0.4) is 0 Å². The first-order valence-corrected chi connectivity index (χ1v) is 9.21. The van der Waals surface area contributed by atoms with E-state index < -0.39 is 11.9 Å². The predicted octanol–water partition coefficient (Wildman–Crippen LogP) is 3.63. The number of carbonyl (C=O) groups excluding carboxylic acids is 1. The van der Waals surface area contributed by atoms with Crippen LogP contribution in [-0.4, -0.2) is 20.9 Å². The first-order chi connectivity index (χ1) is 13.4. The first kappa shape index (κ1) is 18.4. The van der Waals surface area contributed by atoms with Crippen molar-refractivity contribution in [2.45, 2.75) is 25.8 Å². The molecule has 28 heavy (non-hydrogen) atoms. The van der Waals surface area contributed by atoms with Crippen molar-refractivity contribution in [1.29, 1.82) is 0 Å². The lowest BCUT2D eigenvalue weighted by atomic mass is 10.1. The van der Waals surface area contributed by atoms with Crippen LogP contribution in [0.15, 0.2) is 35.3 Å². The quantitative estimate of drug-likeness (QED) is 0.606. The van der Waals surface area contributed by atoms with Crippen LogP contribution >= 0.6 is 11.6 Å². The van der Waals surface area contributed by atoms with Crippen molar-refractivity contribution in [3.05, 3.63) is 57.2 Å². The van der Waals surface area contributed by atoms with Crippen molar-refractivity contribution in [3.63, 3.8) is 0 Å². The molecular weight excluding hydrogens is 385 g/mol. The molecule has 1 aliphatic rings. The Morgan fingerprint density at radius 1 is 1.36 bits per heavy atom. The number of halogens is 2. The van der Waals surface area contributed by atoms with E-state index in [0.717, 1.165) is 12.8 Å². The van der Waals surface area contributed by atoms with E-state index in [-0.39, 0.29) is 28.4 Å². The van der Waals surface area contributed by atoms with E-state index in [1.807, 2.05) is 0 Å². The van der Waals surface area contributed by atoms with E-state index >= 15 is 0 Å². The van der Waals surface area contributed by atoms with Crippen molar-refractivity contribution in [3.8, 4) is 0 Å². The van der Waals surface area contributed by atoms with Crippen LogP contribution in [-0.2, 0) is 4.79 Å². The molecule has 144 valence electrons. The zero-order chi connectivity index (χ0) is 19.8. The monoisotopic (exact) mass is 401 g/mol. The second-order valence-electron chi connectivity index (χ2n) is 6.80. The number of pyridine rings is 1. The Morgan fingerprint density at radius 3 is 2.89 bits per heavy atom. The SMILES string of the molecule is CC(Nc1nccc(NC(=O)C2CC2)n1)c1cc2cc(Cl)c(F)cc2[nH]c1=O. The summed E-state index contributed by atoms with van der Waals surface area (Å²) in [5.74, 6) is 0.0992. The average molecular weight is 402 g/mol. The molecule has 0 aliphatic heterocycles. The van der Waals surface area contributed by atoms with Crippen molar-refractivity contribution in [2.75, 3.05) is 10.6 Å². The zero-order valence-electron chi connectivity index (χ0n) is 14.9. The number of benzene rings is 1. The summed E-state index contributed by atoms with van der Waals surface area (Å²) in [5, 5.41) is 6.40. The Labute approximate surface area is 164 Å². The van der Waals surface area contributed by atoms with Crippen molar-refractivity contribution in [2.24, 2.45) is 5.92 Å². The summed E-state index contributed by atoms with van der Waals surface area (Å²) in [4.78, 5) is 35.3. The molecule has 1 amide bonds. The summed E-state index contributed by atoms with van der Waals surface area (Å²) < 4.78 is 13.6. The average Bonchev–Trinajstić information content (AvgIpc) is 3.48. The molecule has 3 N–H and O–H groups in total. The smallest absolute Gasteiger partial charge is 0.253 e. The summed E-state index contributed by atoms with van der Waals surface area (Å²) in [6.07, 6.45) is 3.33. The highest BCUT2D eigenvalue weighted by atomic mass is 35.5. The van der Waals surface area contributed by atoms with Gasteiger partial charge in [-0.15, -0.1) is 0 Å². The van der Waals surface area contributed by atoms with E-state index in [1.54, 1.807) is 19.1 Å². The molecule has 0 saturated heterocycles. The standard InChI is InChI=1S/C19H17ClFN5O2/c1-9(12-6-11-7-13(20)14(21)8-15(11)24-18(12)28)23-19-22-5-4-16(26-19)25-17(27)10-2-3-10/h4-10H,2-3H2,1H3,(H,24,28)(H2,22,23,25,26,27). The van der Waals surface area contributed by atoms with Gasteiger partial charge in [0, 0.05) is 23.1 Å². The molecule has 7 nitrogen and oxygen atoms in total. The lowest BCUT2D eigenvalue weighted by molar-refractivity contribution is -0.117. The Balaban J connectivity index is 1.57. The summed E-state index contributed by atoms with van der Waals surface area (Å²) in [6, 6.07) is 5.47. The van der Waals surface area contributed by atoms with Crippen LogP contribution in [0.5, 0.6) is 0 Å². The Bertz CT molecular complexity index is 1130. The maximum Gasteiger partial charge on any atom is 0.253 e. The summed E-state index contributed by atoms with van der Waals surface area (Å²) >= 11 is 5.84. The number of nitrogens with zero attached hydrogens (tertiary/aromatic N) is 2. The molecule has 4 rings (SSSR count). The third kappa shape index (κ3) is 3.82. The topological polar surface area (TPSA) is 99.8 Å². The minimum absolute atomic E-state index is 0.0199. The van der Waals surface area contributed by atoms with Crippen LogP contribution in [0.4, 0.5) is 16.2 Å². The van der Waals surface area contributed by atoms with Gasteiger partial charge in [-0.25, -0.2) is 9.37 Å². The van der Waals surface area contributed by atoms with Crippen molar-refractivity contribution in [1.82, 2.24) is 15.0 Å². The highest BCUT2D eigenvalue weighted by Gasteiger charge is 2.29. The molecule has 1 aromatic carbocycles. The second kappa shape index (κ2) is 7.20. The number of amides is 1. The summed E-state index contributed by atoms with van der Waals surface area (Å²) in [5.41, 5.74) is 0.433. The number of carbonyl (C=O) groups is 1. The molecule has 0 spiro atoms. The Morgan fingerprint density at radius 2 is 2.14 bits per heavy atom. The lowest BCUT2D eigenvalue weighted by Crippen LogP contribution is -2.21. The normalized spacial score (nSPS) is 14.7. The van der Waals surface area contributed by atoms with Gasteiger partial charge in [0.15, 0.2) is 0 Å². The molecule has 1 aliphatic carbocycles.